The van der Waals surface area contributed by atoms with Crippen molar-refractivity contribution >= 4 is 11.0 Å². The van der Waals surface area contributed by atoms with Crippen LogP contribution in [0.3, 0.4) is 0 Å². The number of rotatable bonds is 5. The van der Waals surface area contributed by atoms with Crippen molar-refractivity contribution in [3.63, 3.8) is 0 Å². The molecule has 0 aliphatic heterocycles. The first-order valence-corrected chi connectivity index (χ1v) is 6.46. The number of nitrogens with one attached hydrogen (secondary N) is 1. The Morgan fingerprint density at radius 1 is 1.41 bits per heavy atom. The smallest absolute Gasteiger partial charge is 0.0958 e. The van der Waals surface area contributed by atoms with Crippen LogP contribution < -0.4 is 5.32 Å². The average Bonchev–Trinajstić information content (AvgIpc) is 3.10. The van der Waals surface area contributed by atoms with Crippen LogP contribution in [-0.2, 0) is 6.54 Å². The summed E-state index contributed by atoms with van der Waals surface area (Å²) in [6.07, 6.45) is 4.68. The Labute approximate surface area is 102 Å². The van der Waals surface area contributed by atoms with Crippen LogP contribution in [0.2, 0.25) is 0 Å². The largest absolute Gasteiger partial charge is 0.330 e. The summed E-state index contributed by atoms with van der Waals surface area (Å²) < 4.78 is 2.26. The summed E-state index contributed by atoms with van der Waals surface area (Å²) in [4.78, 5) is 4.42. The van der Waals surface area contributed by atoms with Gasteiger partial charge in [-0.05, 0) is 37.4 Å². The zero-order valence-electron chi connectivity index (χ0n) is 10.3. The van der Waals surface area contributed by atoms with Gasteiger partial charge in [-0.3, -0.25) is 0 Å². The number of hydrogen-bond donors (Lipinski definition) is 1. The van der Waals surface area contributed by atoms with Gasteiger partial charge in [0.1, 0.15) is 0 Å². The van der Waals surface area contributed by atoms with Gasteiger partial charge in [-0.25, -0.2) is 4.98 Å². The summed E-state index contributed by atoms with van der Waals surface area (Å²) in [6, 6.07) is 9.13. The molecule has 1 saturated carbocycles. The van der Waals surface area contributed by atoms with Gasteiger partial charge in [0.25, 0.3) is 0 Å². The second kappa shape index (κ2) is 4.49. The Balaban J connectivity index is 1.66. The molecule has 1 N–H and O–H groups in total. The molecule has 0 amide bonds. The molecule has 1 aliphatic carbocycles. The van der Waals surface area contributed by atoms with Gasteiger partial charge < -0.3 is 9.88 Å². The van der Waals surface area contributed by atoms with E-state index < -0.39 is 0 Å². The number of hydrogen-bond acceptors (Lipinski definition) is 2. The summed E-state index contributed by atoms with van der Waals surface area (Å²) >= 11 is 0. The molecule has 2 aromatic rings. The van der Waals surface area contributed by atoms with Crippen molar-refractivity contribution in [2.45, 2.75) is 32.4 Å². The SMILES string of the molecule is CC(CNC1CC1)Cn1cnc2ccccc21. The van der Waals surface area contributed by atoms with Gasteiger partial charge in [0, 0.05) is 12.6 Å². The van der Waals surface area contributed by atoms with E-state index in [4.69, 9.17) is 0 Å². The van der Waals surface area contributed by atoms with Gasteiger partial charge in [-0.15, -0.1) is 0 Å². The highest BCUT2D eigenvalue weighted by molar-refractivity contribution is 5.74. The van der Waals surface area contributed by atoms with Gasteiger partial charge in [-0.2, -0.15) is 0 Å². The van der Waals surface area contributed by atoms with Gasteiger partial charge in [0.15, 0.2) is 0 Å². The van der Waals surface area contributed by atoms with Crippen LogP contribution in [-0.4, -0.2) is 22.1 Å². The van der Waals surface area contributed by atoms with Gasteiger partial charge in [-0.1, -0.05) is 19.1 Å². The maximum atomic E-state index is 4.42. The molecule has 0 spiro atoms. The lowest BCUT2D eigenvalue weighted by Crippen LogP contribution is -2.25. The fourth-order valence-electron chi connectivity index (χ4n) is 2.21. The van der Waals surface area contributed by atoms with E-state index in [2.05, 4.69) is 40.0 Å². The number of nitrogens with zero attached hydrogens (tertiary/aromatic N) is 2. The lowest BCUT2D eigenvalue weighted by atomic mass is 10.1. The van der Waals surface area contributed by atoms with Crippen molar-refractivity contribution < 1.29 is 0 Å². The Morgan fingerprint density at radius 3 is 3.06 bits per heavy atom. The van der Waals surface area contributed by atoms with E-state index in [0.29, 0.717) is 5.92 Å². The van der Waals surface area contributed by atoms with Crippen molar-refractivity contribution in [1.29, 1.82) is 0 Å². The first kappa shape index (κ1) is 10.8. The van der Waals surface area contributed by atoms with Crippen LogP contribution in [0, 0.1) is 5.92 Å². The number of para-hydroxylation sites is 2. The molecule has 1 aromatic carbocycles. The maximum Gasteiger partial charge on any atom is 0.0958 e. The summed E-state index contributed by atoms with van der Waals surface area (Å²) in [5.74, 6) is 0.646. The standard InChI is InChI=1S/C14H19N3/c1-11(8-15-12-6-7-12)9-17-10-16-13-4-2-3-5-14(13)17/h2-5,10-12,15H,6-9H2,1H3. The first-order chi connectivity index (χ1) is 8.33. The predicted molar refractivity (Wildman–Crippen MR) is 69.9 cm³/mol. The summed E-state index contributed by atoms with van der Waals surface area (Å²) in [6.45, 7) is 4.45. The number of fused-ring (bicyclic) bond motifs is 1. The van der Waals surface area contributed by atoms with Gasteiger partial charge in [0.05, 0.1) is 17.4 Å². The number of aromatic nitrogens is 2. The molecule has 1 heterocycles. The molecular weight excluding hydrogens is 210 g/mol. The van der Waals surface area contributed by atoms with E-state index in [0.717, 1.165) is 24.6 Å². The van der Waals surface area contributed by atoms with Crippen LogP contribution in [0.25, 0.3) is 11.0 Å². The highest BCUT2D eigenvalue weighted by atomic mass is 15.1. The molecule has 1 aromatic heterocycles. The third-order valence-corrected chi connectivity index (χ3v) is 3.37. The summed E-state index contributed by atoms with van der Waals surface area (Å²) in [5, 5.41) is 3.58. The molecular formula is C14H19N3. The third-order valence-electron chi connectivity index (χ3n) is 3.37. The number of benzene rings is 1. The number of imidazole rings is 1. The van der Waals surface area contributed by atoms with E-state index in [1.54, 1.807) is 0 Å². The fraction of sp³-hybridized carbons (Fsp3) is 0.500. The zero-order chi connectivity index (χ0) is 11.7. The van der Waals surface area contributed by atoms with Gasteiger partial charge in [0.2, 0.25) is 0 Å². The quantitative estimate of drug-likeness (QED) is 0.853. The maximum absolute atomic E-state index is 4.42. The molecule has 0 radical (unpaired) electrons. The molecule has 3 nitrogen and oxygen atoms in total. The van der Waals surface area contributed by atoms with E-state index in [1.165, 1.54) is 18.4 Å². The van der Waals surface area contributed by atoms with Crippen LogP contribution in [0.4, 0.5) is 0 Å². The van der Waals surface area contributed by atoms with E-state index in [-0.39, 0.29) is 0 Å². The van der Waals surface area contributed by atoms with Gasteiger partial charge >= 0.3 is 0 Å². The average molecular weight is 229 g/mol. The van der Waals surface area contributed by atoms with Crippen molar-refractivity contribution in [2.75, 3.05) is 6.54 Å². The molecule has 0 bridgehead atoms. The minimum absolute atomic E-state index is 0.646. The van der Waals surface area contributed by atoms with Crippen LogP contribution >= 0.6 is 0 Å². The molecule has 0 saturated heterocycles. The second-order valence-corrected chi connectivity index (χ2v) is 5.17. The van der Waals surface area contributed by atoms with Crippen LogP contribution in [0.15, 0.2) is 30.6 Å². The monoisotopic (exact) mass is 229 g/mol. The molecule has 3 heteroatoms. The Kier molecular flexibility index (Phi) is 2.85. The zero-order valence-corrected chi connectivity index (χ0v) is 10.3. The second-order valence-electron chi connectivity index (χ2n) is 5.17. The minimum atomic E-state index is 0.646. The first-order valence-electron chi connectivity index (χ1n) is 6.46. The highest BCUT2D eigenvalue weighted by Crippen LogP contribution is 2.19. The van der Waals surface area contributed by atoms with Crippen LogP contribution in [0.1, 0.15) is 19.8 Å². The van der Waals surface area contributed by atoms with E-state index in [1.807, 2.05) is 12.4 Å². The molecule has 17 heavy (non-hydrogen) atoms. The lowest BCUT2D eigenvalue weighted by molar-refractivity contribution is 0.450. The van der Waals surface area contributed by atoms with Crippen LogP contribution in [0.5, 0.6) is 0 Å². The van der Waals surface area contributed by atoms with Crippen molar-refractivity contribution in [2.24, 2.45) is 5.92 Å². The Hall–Kier alpha value is -1.35. The normalized spacial score (nSPS) is 17.5. The van der Waals surface area contributed by atoms with Crippen molar-refractivity contribution in [1.82, 2.24) is 14.9 Å². The van der Waals surface area contributed by atoms with Crippen molar-refractivity contribution in [3.05, 3.63) is 30.6 Å². The van der Waals surface area contributed by atoms with E-state index in [9.17, 15) is 0 Å². The van der Waals surface area contributed by atoms with Crippen molar-refractivity contribution in [3.8, 4) is 0 Å². The molecule has 3 rings (SSSR count). The predicted octanol–water partition coefficient (Wildman–Crippen LogP) is 2.42. The Morgan fingerprint density at radius 2 is 2.24 bits per heavy atom. The molecule has 90 valence electrons. The summed E-state index contributed by atoms with van der Waals surface area (Å²) in [7, 11) is 0. The third kappa shape index (κ3) is 2.50. The van der Waals surface area contributed by atoms with E-state index >= 15 is 0 Å². The molecule has 1 atom stereocenters. The lowest BCUT2D eigenvalue weighted by Gasteiger charge is -2.13. The molecule has 1 fully saturated rings. The fourth-order valence-corrected chi connectivity index (χ4v) is 2.21. The minimum Gasteiger partial charge on any atom is -0.330 e. The molecule has 1 unspecified atom stereocenters. The Bertz CT molecular complexity index is 499. The topological polar surface area (TPSA) is 29.9 Å². The molecule has 1 aliphatic rings. The highest BCUT2D eigenvalue weighted by Gasteiger charge is 2.20. The summed E-state index contributed by atoms with van der Waals surface area (Å²) in [5.41, 5.74) is 2.33.